The zero-order valence-electron chi connectivity index (χ0n) is 27.4. The Morgan fingerprint density at radius 3 is 1.98 bits per heavy atom. The average molecular weight is 754 g/mol. The summed E-state index contributed by atoms with van der Waals surface area (Å²) in [6, 6.07) is 44.7. The number of aldehydes is 1. The first-order chi connectivity index (χ1) is 25.0. The van der Waals surface area contributed by atoms with E-state index in [0.717, 1.165) is 55.4 Å². The normalized spacial score (nSPS) is 11.7. The number of hydrogen-bond acceptors (Lipinski definition) is 6. The van der Waals surface area contributed by atoms with Gasteiger partial charge in [-0.05, 0) is 55.5 Å². The van der Waals surface area contributed by atoms with E-state index in [1.54, 1.807) is 4.80 Å². The number of aromatic nitrogens is 6. The first kappa shape index (κ1) is 32.6. The Kier molecular flexibility index (Phi) is 8.67. The molecule has 3 aromatic heterocycles. The van der Waals surface area contributed by atoms with Gasteiger partial charge in [0.2, 0.25) is 5.82 Å². The molecule has 3 heterocycles. The van der Waals surface area contributed by atoms with E-state index in [1.807, 2.05) is 102 Å². The van der Waals surface area contributed by atoms with Crippen LogP contribution in [0, 0.1) is 0 Å². The Morgan fingerprint density at radius 2 is 1.39 bits per heavy atom. The molecule has 0 unspecified atom stereocenters. The topological polar surface area (TPSA) is 91.6 Å². The highest BCUT2D eigenvalue weighted by Gasteiger charge is 2.41. The predicted molar refractivity (Wildman–Crippen MR) is 202 cm³/mol. The minimum absolute atomic E-state index is 0.213. The van der Waals surface area contributed by atoms with Crippen molar-refractivity contribution >= 4 is 44.8 Å². The lowest BCUT2D eigenvalue weighted by atomic mass is 9.77. The number of furan rings is 1. The zero-order chi connectivity index (χ0) is 35.0. The maximum atomic E-state index is 11.8. The van der Waals surface area contributed by atoms with E-state index >= 15 is 0 Å². The van der Waals surface area contributed by atoms with Gasteiger partial charge in [0.15, 0.2) is 17.0 Å². The lowest BCUT2D eigenvalue weighted by Gasteiger charge is -2.34. The fourth-order valence-corrected chi connectivity index (χ4v) is 7.68. The van der Waals surface area contributed by atoms with Gasteiger partial charge in [0.25, 0.3) is 0 Å². The summed E-state index contributed by atoms with van der Waals surface area (Å²) in [6.07, 6.45) is 1.40. The molecular formula is C41H30BrClN6O2. The van der Waals surface area contributed by atoms with Crippen LogP contribution in [0.15, 0.2) is 142 Å². The highest BCUT2D eigenvalue weighted by atomic mass is 79.9. The average Bonchev–Trinajstić information content (AvgIpc) is 3.89. The Hall–Kier alpha value is -5.64. The van der Waals surface area contributed by atoms with Gasteiger partial charge in [-0.3, -0.25) is 4.79 Å². The quantitative estimate of drug-likeness (QED) is 0.102. The predicted octanol–water partition coefficient (Wildman–Crippen LogP) is 9.63. The standard InChI is InChI=1S/C41H30BrClN6O2/c1-2-36-44-39(43)34(26-50)48(36)25-27-22-23-35-33(24-27)37(42)38(51-35)31-20-12-13-21-32(31)40-45-47-49(46-40)41(28-14-6-3-7-15-28,29-16-8-4-9-17-29)30-18-10-5-11-19-30/h3-24,26H,2,25H2,1H3. The number of nitrogens with zero attached hydrogens (tertiary/aromatic N) is 6. The Balaban J connectivity index is 1.24. The lowest BCUT2D eigenvalue weighted by molar-refractivity contribution is 0.111. The molecule has 0 spiro atoms. The largest absolute Gasteiger partial charge is 0.455 e. The zero-order valence-corrected chi connectivity index (χ0v) is 29.8. The van der Waals surface area contributed by atoms with E-state index in [0.29, 0.717) is 35.8 Å². The van der Waals surface area contributed by atoms with Gasteiger partial charge in [0, 0.05) is 29.5 Å². The monoisotopic (exact) mass is 752 g/mol. The number of imidazole rings is 1. The van der Waals surface area contributed by atoms with Crippen LogP contribution in [0.4, 0.5) is 0 Å². The maximum Gasteiger partial charge on any atom is 0.205 e. The van der Waals surface area contributed by atoms with Crippen LogP contribution in [0.3, 0.4) is 0 Å². The number of fused-ring (bicyclic) bond motifs is 1. The summed E-state index contributed by atoms with van der Waals surface area (Å²) >= 11 is 10.1. The fourth-order valence-electron chi connectivity index (χ4n) is 6.83. The smallest absolute Gasteiger partial charge is 0.205 e. The van der Waals surface area contributed by atoms with Gasteiger partial charge in [-0.2, -0.15) is 0 Å². The van der Waals surface area contributed by atoms with Crippen molar-refractivity contribution in [1.82, 2.24) is 29.8 Å². The molecule has 10 heteroatoms. The van der Waals surface area contributed by atoms with Crippen molar-refractivity contribution in [1.29, 1.82) is 0 Å². The number of aryl methyl sites for hydroxylation is 1. The third-order valence-corrected chi connectivity index (χ3v) is 10.3. The first-order valence-corrected chi connectivity index (χ1v) is 17.7. The van der Waals surface area contributed by atoms with Gasteiger partial charge in [0.1, 0.15) is 22.9 Å². The van der Waals surface area contributed by atoms with Crippen molar-refractivity contribution in [3.8, 4) is 22.7 Å². The molecule has 5 aromatic carbocycles. The Bertz CT molecular complexity index is 2400. The minimum Gasteiger partial charge on any atom is -0.455 e. The second kappa shape index (κ2) is 13.6. The summed E-state index contributed by atoms with van der Waals surface area (Å²) in [5.41, 5.74) is 5.72. The molecule has 0 saturated heterocycles. The van der Waals surface area contributed by atoms with Crippen LogP contribution >= 0.6 is 27.5 Å². The SMILES string of the molecule is CCc1nc(Cl)c(C=O)n1Cc1ccc2oc(-c3ccccc3-c3nnn(C(c4ccccc4)(c4ccccc4)c4ccccc4)n3)c(Br)c2c1. The molecule has 0 fully saturated rings. The molecular weight excluding hydrogens is 724 g/mol. The molecule has 51 heavy (non-hydrogen) atoms. The highest BCUT2D eigenvalue weighted by molar-refractivity contribution is 9.10. The molecule has 0 aliphatic rings. The van der Waals surface area contributed by atoms with E-state index < -0.39 is 5.54 Å². The molecule has 250 valence electrons. The van der Waals surface area contributed by atoms with Gasteiger partial charge in [-0.1, -0.05) is 140 Å². The third-order valence-electron chi connectivity index (χ3n) is 9.20. The van der Waals surface area contributed by atoms with Crippen molar-refractivity contribution in [2.75, 3.05) is 0 Å². The lowest BCUT2D eigenvalue weighted by Crippen LogP contribution is -2.39. The van der Waals surface area contributed by atoms with Gasteiger partial charge in [0.05, 0.1) is 4.47 Å². The van der Waals surface area contributed by atoms with E-state index in [-0.39, 0.29) is 5.15 Å². The molecule has 0 radical (unpaired) electrons. The second-order valence-corrected chi connectivity index (χ2v) is 13.2. The van der Waals surface area contributed by atoms with E-state index in [9.17, 15) is 4.79 Å². The van der Waals surface area contributed by atoms with Crippen LogP contribution in [-0.2, 0) is 18.5 Å². The minimum atomic E-state index is -0.902. The molecule has 0 N–H and O–H groups in total. The molecule has 0 saturated carbocycles. The van der Waals surface area contributed by atoms with Crippen LogP contribution < -0.4 is 0 Å². The van der Waals surface area contributed by atoms with Gasteiger partial charge in [-0.25, -0.2) is 4.98 Å². The van der Waals surface area contributed by atoms with Crippen LogP contribution in [0.25, 0.3) is 33.7 Å². The van der Waals surface area contributed by atoms with Crippen molar-refractivity contribution in [2.45, 2.75) is 25.4 Å². The summed E-state index contributed by atoms with van der Waals surface area (Å²) < 4.78 is 9.15. The van der Waals surface area contributed by atoms with E-state index in [2.05, 4.69) is 63.4 Å². The highest BCUT2D eigenvalue weighted by Crippen LogP contribution is 2.43. The number of tetrazole rings is 1. The van der Waals surface area contributed by atoms with Crippen molar-refractivity contribution in [2.24, 2.45) is 0 Å². The molecule has 8 aromatic rings. The first-order valence-electron chi connectivity index (χ1n) is 16.5. The van der Waals surface area contributed by atoms with Crippen molar-refractivity contribution < 1.29 is 9.21 Å². The number of carbonyl (C=O) groups is 1. The molecule has 0 aliphatic heterocycles. The number of benzene rings is 5. The maximum absolute atomic E-state index is 11.8. The number of hydrogen-bond donors (Lipinski definition) is 0. The van der Waals surface area contributed by atoms with Crippen LogP contribution in [0.1, 0.15) is 45.5 Å². The van der Waals surface area contributed by atoms with Gasteiger partial charge >= 0.3 is 0 Å². The molecule has 0 bridgehead atoms. The number of rotatable bonds is 10. The molecule has 0 amide bonds. The fraction of sp³-hybridized carbons (Fsp3) is 0.0976. The number of halogens is 2. The van der Waals surface area contributed by atoms with Crippen molar-refractivity contribution in [3.63, 3.8) is 0 Å². The second-order valence-electron chi connectivity index (χ2n) is 12.1. The third kappa shape index (κ3) is 5.59. The molecule has 8 nitrogen and oxygen atoms in total. The van der Waals surface area contributed by atoms with Crippen LogP contribution in [0.5, 0.6) is 0 Å². The Morgan fingerprint density at radius 1 is 0.804 bits per heavy atom. The van der Waals surface area contributed by atoms with Gasteiger partial charge in [-0.15, -0.1) is 15.0 Å². The molecule has 0 aliphatic carbocycles. The van der Waals surface area contributed by atoms with Crippen LogP contribution in [0.2, 0.25) is 5.15 Å². The summed E-state index contributed by atoms with van der Waals surface area (Å²) in [5.74, 6) is 1.85. The molecule has 0 atom stereocenters. The Labute approximate surface area is 307 Å². The summed E-state index contributed by atoms with van der Waals surface area (Å²) in [7, 11) is 0. The summed E-state index contributed by atoms with van der Waals surface area (Å²) in [4.78, 5) is 17.9. The number of carbonyl (C=O) groups excluding carboxylic acids is 1. The molecule has 8 rings (SSSR count). The van der Waals surface area contributed by atoms with E-state index in [4.69, 9.17) is 31.4 Å². The van der Waals surface area contributed by atoms with Crippen molar-refractivity contribution in [3.05, 3.63) is 177 Å². The van der Waals surface area contributed by atoms with Crippen LogP contribution in [-0.4, -0.2) is 36.0 Å². The van der Waals surface area contributed by atoms with E-state index in [1.165, 1.54) is 0 Å². The summed E-state index contributed by atoms with van der Waals surface area (Å²) in [5, 5.41) is 15.7. The summed E-state index contributed by atoms with van der Waals surface area (Å²) in [6.45, 7) is 2.43. The van der Waals surface area contributed by atoms with Gasteiger partial charge < -0.3 is 8.98 Å².